The lowest BCUT2D eigenvalue weighted by molar-refractivity contribution is 0.503. The standard InChI is InChI=1S/C12H11BrClN3OS/c1-7-10(14)5-9(13)11(16-7)17-12(19)15-6-8-3-2-4-18-8/h2-5H,6H2,1H3,(H2,15,16,17,19). The van der Waals surface area contributed by atoms with E-state index in [1.54, 1.807) is 12.3 Å². The Bertz CT molecular complexity index is 589. The van der Waals surface area contributed by atoms with Gasteiger partial charge >= 0.3 is 0 Å². The number of thiocarbonyl (C=S) groups is 1. The zero-order valence-electron chi connectivity index (χ0n) is 10.0. The molecule has 0 radical (unpaired) electrons. The van der Waals surface area contributed by atoms with Crippen LogP contribution >= 0.6 is 39.7 Å². The largest absolute Gasteiger partial charge is 0.467 e. The van der Waals surface area contributed by atoms with Crippen molar-refractivity contribution in [2.45, 2.75) is 13.5 Å². The molecule has 0 spiro atoms. The van der Waals surface area contributed by atoms with E-state index < -0.39 is 0 Å². The van der Waals surface area contributed by atoms with Gasteiger partial charge in [-0.05, 0) is 53.3 Å². The number of hydrogen-bond acceptors (Lipinski definition) is 3. The molecule has 0 unspecified atom stereocenters. The van der Waals surface area contributed by atoms with Crippen molar-refractivity contribution >= 4 is 50.7 Å². The summed E-state index contributed by atoms with van der Waals surface area (Å²) in [5.41, 5.74) is 0.737. The van der Waals surface area contributed by atoms with E-state index in [0.29, 0.717) is 22.5 Å². The lowest BCUT2D eigenvalue weighted by atomic mass is 10.3. The molecule has 0 saturated heterocycles. The van der Waals surface area contributed by atoms with Crippen molar-refractivity contribution < 1.29 is 4.42 Å². The number of nitrogens with zero attached hydrogens (tertiary/aromatic N) is 1. The Labute approximate surface area is 129 Å². The molecular formula is C12H11BrClN3OS. The molecule has 2 heterocycles. The quantitative estimate of drug-likeness (QED) is 0.813. The molecule has 100 valence electrons. The first kappa shape index (κ1) is 14.3. The maximum atomic E-state index is 5.97. The number of rotatable bonds is 3. The molecule has 7 heteroatoms. The van der Waals surface area contributed by atoms with E-state index in [1.165, 1.54) is 0 Å². The van der Waals surface area contributed by atoms with Gasteiger partial charge in [-0.2, -0.15) is 0 Å². The minimum Gasteiger partial charge on any atom is -0.467 e. The third-order valence-electron chi connectivity index (χ3n) is 2.34. The first-order valence-corrected chi connectivity index (χ1v) is 7.04. The summed E-state index contributed by atoms with van der Waals surface area (Å²) in [6, 6.07) is 5.48. The molecule has 4 nitrogen and oxygen atoms in total. The lowest BCUT2D eigenvalue weighted by Gasteiger charge is -2.11. The van der Waals surface area contributed by atoms with Crippen LogP contribution in [0.4, 0.5) is 5.82 Å². The summed E-state index contributed by atoms with van der Waals surface area (Å²) in [5, 5.41) is 7.10. The third-order valence-corrected chi connectivity index (χ3v) is 3.57. The Morgan fingerprint density at radius 1 is 1.58 bits per heavy atom. The van der Waals surface area contributed by atoms with Gasteiger partial charge in [-0.3, -0.25) is 0 Å². The Morgan fingerprint density at radius 3 is 3.05 bits per heavy atom. The van der Waals surface area contributed by atoms with Gasteiger partial charge in [0.15, 0.2) is 5.11 Å². The van der Waals surface area contributed by atoms with Gasteiger partial charge in [-0.25, -0.2) is 4.98 Å². The molecule has 2 N–H and O–H groups in total. The molecule has 0 amide bonds. The van der Waals surface area contributed by atoms with Crippen LogP contribution in [-0.2, 0) is 6.54 Å². The number of aromatic nitrogens is 1. The zero-order valence-corrected chi connectivity index (χ0v) is 13.2. The number of pyridine rings is 1. The Morgan fingerprint density at radius 2 is 2.37 bits per heavy atom. The van der Waals surface area contributed by atoms with Gasteiger partial charge in [0.25, 0.3) is 0 Å². The predicted octanol–water partition coefficient (Wildman–Crippen LogP) is 3.89. The van der Waals surface area contributed by atoms with E-state index in [9.17, 15) is 0 Å². The molecule has 0 aliphatic carbocycles. The van der Waals surface area contributed by atoms with Gasteiger partial charge < -0.3 is 15.1 Å². The molecule has 0 atom stereocenters. The van der Waals surface area contributed by atoms with Crippen LogP contribution in [0.2, 0.25) is 5.02 Å². The molecule has 0 fully saturated rings. The van der Waals surface area contributed by atoms with Crippen molar-refractivity contribution in [2.75, 3.05) is 5.32 Å². The summed E-state index contributed by atoms with van der Waals surface area (Å²) in [5.74, 6) is 1.43. The summed E-state index contributed by atoms with van der Waals surface area (Å²) in [6.45, 7) is 2.35. The molecule has 0 aromatic carbocycles. The maximum Gasteiger partial charge on any atom is 0.172 e. The van der Waals surface area contributed by atoms with Gasteiger partial charge in [-0.15, -0.1) is 0 Å². The normalized spacial score (nSPS) is 10.3. The van der Waals surface area contributed by atoms with Crippen LogP contribution < -0.4 is 10.6 Å². The highest BCUT2D eigenvalue weighted by atomic mass is 79.9. The monoisotopic (exact) mass is 359 g/mol. The van der Waals surface area contributed by atoms with Crippen LogP contribution in [0.1, 0.15) is 11.5 Å². The van der Waals surface area contributed by atoms with E-state index >= 15 is 0 Å². The van der Waals surface area contributed by atoms with Crippen LogP contribution in [0.25, 0.3) is 0 Å². The lowest BCUT2D eigenvalue weighted by Crippen LogP contribution is -2.28. The second kappa shape index (κ2) is 6.36. The third kappa shape index (κ3) is 3.92. The first-order valence-electron chi connectivity index (χ1n) is 5.46. The van der Waals surface area contributed by atoms with Gasteiger partial charge in [0.2, 0.25) is 0 Å². The fourth-order valence-electron chi connectivity index (χ4n) is 1.38. The molecular weight excluding hydrogens is 350 g/mol. The molecule has 2 rings (SSSR count). The Balaban J connectivity index is 1.97. The first-order chi connectivity index (χ1) is 9.06. The van der Waals surface area contributed by atoms with Crippen LogP contribution in [0.5, 0.6) is 0 Å². The topological polar surface area (TPSA) is 50.1 Å². The van der Waals surface area contributed by atoms with Crippen molar-refractivity contribution in [2.24, 2.45) is 0 Å². The molecule has 0 aliphatic rings. The number of furan rings is 1. The molecule has 19 heavy (non-hydrogen) atoms. The van der Waals surface area contributed by atoms with Crippen LogP contribution in [0, 0.1) is 6.92 Å². The molecule has 0 bridgehead atoms. The smallest absolute Gasteiger partial charge is 0.172 e. The summed E-state index contributed by atoms with van der Waals surface area (Å²) in [7, 11) is 0. The SMILES string of the molecule is Cc1nc(NC(=S)NCc2ccco2)c(Br)cc1Cl. The number of anilines is 1. The van der Waals surface area contributed by atoms with Crippen LogP contribution in [0.15, 0.2) is 33.4 Å². The number of nitrogens with one attached hydrogen (secondary N) is 2. The summed E-state index contributed by atoms with van der Waals surface area (Å²) in [6.07, 6.45) is 1.62. The molecule has 0 aliphatic heterocycles. The average Bonchev–Trinajstić information content (AvgIpc) is 2.86. The van der Waals surface area contributed by atoms with Crippen molar-refractivity contribution in [1.29, 1.82) is 0 Å². The van der Waals surface area contributed by atoms with Crippen molar-refractivity contribution in [1.82, 2.24) is 10.3 Å². The van der Waals surface area contributed by atoms with Gasteiger partial charge in [0, 0.05) is 0 Å². The minimum absolute atomic E-state index is 0.464. The van der Waals surface area contributed by atoms with E-state index in [0.717, 1.165) is 15.9 Å². The highest BCUT2D eigenvalue weighted by Crippen LogP contribution is 2.25. The second-order valence-corrected chi connectivity index (χ2v) is 5.44. The molecule has 2 aromatic heterocycles. The summed E-state index contributed by atoms with van der Waals surface area (Å²) in [4.78, 5) is 4.32. The molecule has 0 saturated carbocycles. The van der Waals surface area contributed by atoms with E-state index in [1.807, 2.05) is 19.1 Å². The fraction of sp³-hybridized carbons (Fsp3) is 0.167. The number of hydrogen-bond donors (Lipinski definition) is 2. The second-order valence-electron chi connectivity index (χ2n) is 3.77. The van der Waals surface area contributed by atoms with Gasteiger partial charge in [-0.1, -0.05) is 11.6 Å². The molecule has 2 aromatic rings. The number of halogens is 2. The fourth-order valence-corrected chi connectivity index (χ4v) is 2.25. The van der Waals surface area contributed by atoms with Crippen LogP contribution in [-0.4, -0.2) is 10.1 Å². The maximum absolute atomic E-state index is 5.97. The average molecular weight is 361 g/mol. The highest BCUT2D eigenvalue weighted by molar-refractivity contribution is 9.10. The van der Waals surface area contributed by atoms with Crippen molar-refractivity contribution in [3.8, 4) is 0 Å². The van der Waals surface area contributed by atoms with Crippen LogP contribution in [0.3, 0.4) is 0 Å². The summed E-state index contributed by atoms with van der Waals surface area (Å²) >= 11 is 14.5. The van der Waals surface area contributed by atoms with E-state index in [2.05, 4.69) is 31.5 Å². The van der Waals surface area contributed by atoms with E-state index in [4.69, 9.17) is 28.2 Å². The Hall–Kier alpha value is -1.11. The van der Waals surface area contributed by atoms with Gasteiger partial charge in [0.05, 0.1) is 28.0 Å². The van der Waals surface area contributed by atoms with Crippen molar-refractivity contribution in [3.05, 3.63) is 45.4 Å². The highest BCUT2D eigenvalue weighted by Gasteiger charge is 2.07. The van der Waals surface area contributed by atoms with Crippen molar-refractivity contribution in [3.63, 3.8) is 0 Å². The predicted molar refractivity (Wildman–Crippen MR) is 83.5 cm³/mol. The van der Waals surface area contributed by atoms with E-state index in [-0.39, 0.29) is 0 Å². The number of aryl methyl sites for hydroxylation is 1. The minimum atomic E-state index is 0.464. The zero-order chi connectivity index (χ0) is 13.8. The summed E-state index contributed by atoms with van der Waals surface area (Å²) < 4.78 is 5.96. The Kier molecular flexibility index (Phi) is 4.79. The van der Waals surface area contributed by atoms with Gasteiger partial charge in [0.1, 0.15) is 11.6 Å².